The van der Waals surface area contributed by atoms with Gasteiger partial charge in [0.2, 0.25) is 5.91 Å². The number of nitrogens with zero attached hydrogens (tertiary/aromatic N) is 1. The molecule has 0 aromatic rings. The zero-order chi connectivity index (χ0) is 8.81. The number of hydrogen-bond donors (Lipinski definition) is 0. The number of hydrogen-bond acceptors (Lipinski definition) is 3. The van der Waals surface area contributed by atoms with E-state index in [0.717, 1.165) is 19.5 Å². The van der Waals surface area contributed by atoms with E-state index in [1.165, 1.54) is 0 Å². The first kappa shape index (κ1) is 9.48. The molecule has 1 aliphatic rings. The van der Waals surface area contributed by atoms with Gasteiger partial charge in [0.15, 0.2) is 0 Å². The van der Waals surface area contributed by atoms with E-state index in [1.807, 2.05) is 4.90 Å². The first-order valence-electron chi connectivity index (χ1n) is 4.19. The van der Waals surface area contributed by atoms with Crippen molar-refractivity contribution < 1.29 is 14.3 Å². The molecule has 0 spiro atoms. The Hall–Kier alpha value is -0.610. The van der Waals surface area contributed by atoms with Gasteiger partial charge in [-0.15, -0.1) is 0 Å². The van der Waals surface area contributed by atoms with Gasteiger partial charge in [0.1, 0.15) is 6.61 Å². The van der Waals surface area contributed by atoms with Gasteiger partial charge in [-0.3, -0.25) is 4.79 Å². The van der Waals surface area contributed by atoms with Gasteiger partial charge in [0.25, 0.3) is 0 Å². The van der Waals surface area contributed by atoms with Crippen LogP contribution in [-0.2, 0) is 14.3 Å². The van der Waals surface area contributed by atoms with Crippen LogP contribution in [0.3, 0.4) is 0 Å². The third-order valence-corrected chi connectivity index (χ3v) is 1.86. The Morgan fingerprint density at radius 1 is 1.67 bits per heavy atom. The second-order valence-corrected chi connectivity index (χ2v) is 2.78. The number of amides is 1. The lowest BCUT2D eigenvalue weighted by atomic mass is 10.3. The van der Waals surface area contributed by atoms with Gasteiger partial charge < -0.3 is 14.4 Å². The zero-order valence-corrected chi connectivity index (χ0v) is 7.41. The number of carbonyl (C=O) groups is 1. The minimum atomic E-state index is 0.0948. The van der Waals surface area contributed by atoms with Crippen LogP contribution in [0.4, 0.5) is 0 Å². The lowest BCUT2D eigenvalue weighted by Crippen LogP contribution is -2.42. The minimum Gasteiger partial charge on any atom is -0.385 e. The maximum Gasteiger partial charge on any atom is 0.248 e. The van der Waals surface area contributed by atoms with Gasteiger partial charge in [-0.25, -0.2) is 0 Å². The topological polar surface area (TPSA) is 38.8 Å². The largest absolute Gasteiger partial charge is 0.385 e. The second kappa shape index (κ2) is 5.11. The van der Waals surface area contributed by atoms with Crippen LogP contribution in [0.25, 0.3) is 0 Å². The minimum absolute atomic E-state index is 0.0948. The Labute approximate surface area is 72.4 Å². The zero-order valence-electron chi connectivity index (χ0n) is 7.41. The van der Waals surface area contributed by atoms with Crippen LogP contribution >= 0.6 is 0 Å². The van der Waals surface area contributed by atoms with Crippen molar-refractivity contribution in [3.8, 4) is 0 Å². The molecule has 0 aliphatic carbocycles. The maximum atomic E-state index is 11.1. The molecule has 1 amide bonds. The van der Waals surface area contributed by atoms with E-state index in [0.29, 0.717) is 13.2 Å². The summed E-state index contributed by atoms with van der Waals surface area (Å²) in [6.07, 6.45) is 0.905. The summed E-state index contributed by atoms with van der Waals surface area (Å²) in [5.74, 6) is 0.0948. The molecule has 0 atom stereocenters. The van der Waals surface area contributed by atoms with Gasteiger partial charge in [0.05, 0.1) is 6.61 Å². The van der Waals surface area contributed by atoms with Crippen molar-refractivity contribution in [2.45, 2.75) is 6.42 Å². The number of methoxy groups -OCH3 is 1. The van der Waals surface area contributed by atoms with Crippen LogP contribution < -0.4 is 0 Å². The Balaban J connectivity index is 2.16. The van der Waals surface area contributed by atoms with E-state index in [9.17, 15) is 4.79 Å². The summed E-state index contributed by atoms with van der Waals surface area (Å²) < 4.78 is 9.89. The fourth-order valence-corrected chi connectivity index (χ4v) is 1.19. The van der Waals surface area contributed by atoms with E-state index < -0.39 is 0 Å². The van der Waals surface area contributed by atoms with Crippen molar-refractivity contribution in [2.75, 3.05) is 40.0 Å². The van der Waals surface area contributed by atoms with E-state index in [1.54, 1.807) is 7.11 Å². The average molecular weight is 173 g/mol. The summed E-state index contributed by atoms with van der Waals surface area (Å²) in [4.78, 5) is 13.0. The molecular formula is C8H15NO3. The molecule has 4 heteroatoms. The smallest absolute Gasteiger partial charge is 0.248 e. The lowest BCUT2D eigenvalue weighted by molar-refractivity contribution is -0.142. The molecule has 0 aromatic carbocycles. The van der Waals surface area contributed by atoms with Gasteiger partial charge >= 0.3 is 0 Å². The molecule has 1 aliphatic heterocycles. The fraction of sp³-hybridized carbons (Fsp3) is 0.875. The molecule has 0 N–H and O–H groups in total. The SMILES string of the molecule is COCCCN1CCOCC1=O. The molecular weight excluding hydrogens is 158 g/mol. The Morgan fingerprint density at radius 2 is 2.50 bits per heavy atom. The summed E-state index contributed by atoms with van der Waals surface area (Å²) >= 11 is 0. The van der Waals surface area contributed by atoms with Crippen LogP contribution in [0.2, 0.25) is 0 Å². The van der Waals surface area contributed by atoms with Gasteiger partial charge in [-0.05, 0) is 6.42 Å². The molecule has 1 rings (SSSR count). The number of morpholine rings is 1. The maximum absolute atomic E-state index is 11.1. The van der Waals surface area contributed by atoms with Gasteiger partial charge in [0, 0.05) is 26.8 Å². The molecule has 1 fully saturated rings. The summed E-state index contributed by atoms with van der Waals surface area (Å²) in [6, 6.07) is 0. The first-order valence-corrected chi connectivity index (χ1v) is 4.19. The van der Waals surface area contributed by atoms with Gasteiger partial charge in [-0.2, -0.15) is 0 Å². The van der Waals surface area contributed by atoms with E-state index >= 15 is 0 Å². The first-order chi connectivity index (χ1) is 5.84. The van der Waals surface area contributed by atoms with E-state index in [-0.39, 0.29) is 12.5 Å². The molecule has 1 heterocycles. The quantitative estimate of drug-likeness (QED) is 0.556. The Morgan fingerprint density at radius 3 is 3.17 bits per heavy atom. The molecule has 4 nitrogen and oxygen atoms in total. The fourth-order valence-electron chi connectivity index (χ4n) is 1.19. The summed E-state index contributed by atoms with van der Waals surface area (Å²) in [6.45, 7) is 3.13. The molecule has 1 saturated heterocycles. The third kappa shape index (κ3) is 2.79. The molecule has 0 saturated carbocycles. The summed E-state index contributed by atoms with van der Waals surface area (Å²) in [5, 5.41) is 0. The monoisotopic (exact) mass is 173 g/mol. The summed E-state index contributed by atoms with van der Waals surface area (Å²) in [7, 11) is 1.67. The highest BCUT2D eigenvalue weighted by Crippen LogP contribution is 1.99. The highest BCUT2D eigenvalue weighted by atomic mass is 16.5. The molecule has 12 heavy (non-hydrogen) atoms. The molecule has 0 unspecified atom stereocenters. The highest BCUT2D eigenvalue weighted by Gasteiger charge is 2.17. The van der Waals surface area contributed by atoms with Gasteiger partial charge in [-0.1, -0.05) is 0 Å². The highest BCUT2D eigenvalue weighted by molar-refractivity contribution is 5.77. The number of carbonyl (C=O) groups excluding carboxylic acids is 1. The molecule has 0 aromatic heterocycles. The Bertz CT molecular complexity index is 149. The van der Waals surface area contributed by atoms with Crippen LogP contribution in [-0.4, -0.2) is 50.8 Å². The predicted molar refractivity (Wildman–Crippen MR) is 43.9 cm³/mol. The number of ether oxygens (including phenoxy) is 2. The second-order valence-electron chi connectivity index (χ2n) is 2.78. The molecule has 70 valence electrons. The predicted octanol–water partition coefficient (Wildman–Crippen LogP) is -0.118. The lowest BCUT2D eigenvalue weighted by Gasteiger charge is -2.26. The normalized spacial score (nSPS) is 18.4. The molecule has 0 radical (unpaired) electrons. The average Bonchev–Trinajstić information content (AvgIpc) is 2.09. The van der Waals surface area contributed by atoms with Crippen LogP contribution in [0, 0.1) is 0 Å². The third-order valence-electron chi connectivity index (χ3n) is 1.86. The Kier molecular flexibility index (Phi) is 4.04. The van der Waals surface area contributed by atoms with Crippen molar-refractivity contribution in [3.05, 3.63) is 0 Å². The van der Waals surface area contributed by atoms with Crippen molar-refractivity contribution >= 4 is 5.91 Å². The van der Waals surface area contributed by atoms with Crippen LogP contribution in [0.15, 0.2) is 0 Å². The number of rotatable bonds is 4. The van der Waals surface area contributed by atoms with Crippen molar-refractivity contribution in [2.24, 2.45) is 0 Å². The summed E-state index contributed by atoms with van der Waals surface area (Å²) in [5.41, 5.74) is 0. The van der Waals surface area contributed by atoms with E-state index in [2.05, 4.69) is 0 Å². The van der Waals surface area contributed by atoms with Crippen molar-refractivity contribution in [3.63, 3.8) is 0 Å². The van der Waals surface area contributed by atoms with Crippen molar-refractivity contribution in [1.29, 1.82) is 0 Å². The standard InChI is InChI=1S/C8H15NO3/c1-11-5-2-3-9-4-6-12-7-8(9)10/h2-7H2,1H3. The van der Waals surface area contributed by atoms with Crippen LogP contribution in [0.5, 0.6) is 0 Å². The van der Waals surface area contributed by atoms with E-state index in [4.69, 9.17) is 9.47 Å². The molecule has 0 bridgehead atoms. The van der Waals surface area contributed by atoms with Crippen LogP contribution in [0.1, 0.15) is 6.42 Å². The van der Waals surface area contributed by atoms with Crippen molar-refractivity contribution in [1.82, 2.24) is 4.90 Å².